The van der Waals surface area contributed by atoms with Crippen molar-refractivity contribution in [2.75, 3.05) is 26.1 Å². The molecule has 0 saturated heterocycles. The summed E-state index contributed by atoms with van der Waals surface area (Å²) in [4.78, 5) is 0. The molecule has 0 radical (unpaired) electrons. The van der Waals surface area contributed by atoms with Gasteiger partial charge >= 0.3 is 0 Å². The third-order valence-corrected chi connectivity index (χ3v) is 3.13. The number of aryl methyl sites for hydroxylation is 1. The van der Waals surface area contributed by atoms with Crippen molar-refractivity contribution in [3.63, 3.8) is 0 Å². The highest BCUT2D eigenvalue weighted by molar-refractivity contribution is 5.82. The summed E-state index contributed by atoms with van der Waals surface area (Å²) in [7, 11) is 3.41. The molecule has 100 valence electrons. The molecule has 2 heterocycles. The van der Waals surface area contributed by atoms with Crippen LogP contribution < -0.4 is 19.9 Å². The first-order chi connectivity index (χ1) is 9.20. The fourth-order valence-corrected chi connectivity index (χ4v) is 2.10. The zero-order chi connectivity index (χ0) is 13.4. The number of nitrogen functional groups attached to an aromatic ring is 1. The van der Waals surface area contributed by atoms with Crippen molar-refractivity contribution in [3.05, 3.63) is 18.3 Å². The predicted octanol–water partition coefficient (Wildman–Crippen LogP) is 1.45. The molecule has 0 bridgehead atoms. The van der Waals surface area contributed by atoms with Crippen molar-refractivity contribution in [2.24, 2.45) is 7.05 Å². The summed E-state index contributed by atoms with van der Waals surface area (Å²) >= 11 is 0. The second kappa shape index (κ2) is 4.38. The molecule has 3 rings (SSSR count). The smallest absolute Gasteiger partial charge is 0.169 e. The lowest BCUT2D eigenvalue weighted by Crippen LogP contribution is -2.16. The number of anilines is 1. The molecule has 1 aliphatic heterocycles. The first kappa shape index (κ1) is 11.7. The van der Waals surface area contributed by atoms with Gasteiger partial charge < -0.3 is 19.9 Å². The topological polar surface area (TPSA) is 71.5 Å². The molecule has 1 aliphatic rings. The SMILES string of the molecule is COc1cc2c(c(-c3cnn(C)c3N)c1)OCCO2. The van der Waals surface area contributed by atoms with E-state index in [9.17, 15) is 0 Å². The molecule has 1 aromatic heterocycles. The highest BCUT2D eigenvalue weighted by Crippen LogP contribution is 2.44. The van der Waals surface area contributed by atoms with Gasteiger partial charge in [0.25, 0.3) is 0 Å². The van der Waals surface area contributed by atoms with Crippen LogP contribution in [0, 0.1) is 0 Å². The van der Waals surface area contributed by atoms with E-state index in [0.717, 1.165) is 11.1 Å². The number of benzene rings is 1. The van der Waals surface area contributed by atoms with Crippen LogP contribution >= 0.6 is 0 Å². The molecule has 0 unspecified atom stereocenters. The number of ether oxygens (including phenoxy) is 3. The quantitative estimate of drug-likeness (QED) is 0.885. The van der Waals surface area contributed by atoms with E-state index in [1.165, 1.54) is 0 Å². The number of fused-ring (bicyclic) bond motifs is 1. The van der Waals surface area contributed by atoms with Gasteiger partial charge in [-0.1, -0.05) is 0 Å². The van der Waals surface area contributed by atoms with Crippen LogP contribution in [-0.2, 0) is 7.05 Å². The summed E-state index contributed by atoms with van der Waals surface area (Å²) in [5.74, 6) is 2.63. The monoisotopic (exact) mass is 261 g/mol. The van der Waals surface area contributed by atoms with E-state index in [-0.39, 0.29) is 0 Å². The molecular formula is C13H15N3O3. The minimum atomic E-state index is 0.520. The number of nitrogens with zero attached hydrogens (tertiary/aromatic N) is 2. The zero-order valence-electron chi connectivity index (χ0n) is 10.8. The van der Waals surface area contributed by atoms with Crippen molar-refractivity contribution >= 4 is 5.82 Å². The Kier molecular flexibility index (Phi) is 2.70. The first-order valence-electron chi connectivity index (χ1n) is 5.96. The highest BCUT2D eigenvalue weighted by Gasteiger charge is 2.21. The third kappa shape index (κ3) is 1.85. The van der Waals surface area contributed by atoms with Crippen molar-refractivity contribution < 1.29 is 14.2 Å². The molecular weight excluding hydrogens is 246 g/mol. The maximum Gasteiger partial charge on any atom is 0.169 e. The number of rotatable bonds is 2. The van der Waals surface area contributed by atoms with Gasteiger partial charge in [-0.3, -0.25) is 4.68 Å². The summed E-state index contributed by atoms with van der Waals surface area (Å²) in [5.41, 5.74) is 7.66. The lowest BCUT2D eigenvalue weighted by atomic mass is 10.1. The lowest BCUT2D eigenvalue weighted by molar-refractivity contribution is 0.171. The van der Waals surface area contributed by atoms with Gasteiger partial charge in [-0.05, 0) is 6.07 Å². The van der Waals surface area contributed by atoms with Gasteiger partial charge in [-0.2, -0.15) is 5.10 Å². The van der Waals surface area contributed by atoms with Crippen molar-refractivity contribution in [3.8, 4) is 28.4 Å². The molecule has 0 atom stereocenters. The van der Waals surface area contributed by atoms with E-state index >= 15 is 0 Å². The summed E-state index contributed by atoms with van der Waals surface area (Å²) in [6.07, 6.45) is 1.71. The summed E-state index contributed by atoms with van der Waals surface area (Å²) in [5, 5.41) is 4.15. The summed E-state index contributed by atoms with van der Waals surface area (Å²) in [6.45, 7) is 1.05. The van der Waals surface area contributed by atoms with Gasteiger partial charge in [-0.15, -0.1) is 0 Å². The van der Waals surface area contributed by atoms with Crippen molar-refractivity contribution in [2.45, 2.75) is 0 Å². The zero-order valence-corrected chi connectivity index (χ0v) is 10.8. The second-order valence-electron chi connectivity index (χ2n) is 4.27. The number of aromatic nitrogens is 2. The van der Waals surface area contributed by atoms with Crippen LogP contribution in [0.4, 0.5) is 5.82 Å². The Balaban J connectivity index is 2.21. The minimum Gasteiger partial charge on any atom is -0.497 e. The van der Waals surface area contributed by atoms with Gasteiger partial charge in [0.05, 0.1) is 13.3 Å². The van der Waals surface area contributed by atoms with Gasteiger partial charge in [0.2, 0.25) is 0 Å². The van der Waals surface area contributed by atoms with Gasteiger partial charge in [0.1, 0.15) is 24.8 Å². The molecule has 2 N–H and O–H groups in total. The van der Waals surface area contributed by atoms with Gasteiger partial charge in [-0.25, -0.2) is 0 Å². The molecule has 2 aromatic rings. The molecule has 1 aromatic carbocycles. The van der Waals surface area contributed by atoms with Gasteiger partial charge in [0.15, 0.2) is 11.5 Å². The maximum atomic E-state index is 6.02. The molecule has 0 fully saturated rings. The number of methoxy groups -OCH3 is 1. The predicted molar refractivity (Wildman–Crippen MR) is 70.6 cm³/mol. The standard InChI is InChI=1S/C13H15N3O3/c1-16-13(14)10(7-15-16)9-5-8(17-2)6-11-12(9)19-4-3-18-11/h5-7H,3-4,14H2,1-2H3. The van der Waals surface area contributed by atoms with E-state index in [4.69, 9.17) is 19.9 Å². The molecule has 0 spiro atoms. The molecule has 6 nitrogen and oxygen atoms in total. The van der Waals surface area contributed by atoms with E-state index < -0.39 is 0 Å². The van der Waals surface area contributed by atoms with Crippen LogP contribution in [0.25, 0.3) is 11.1 Å². The van der Waals surface area contributed by atoms with Crippen LogP contribution in [0.2, 0.25) is 0 Å². The Morgan fingerprint density at radius 1 is 1.26 bits per heavy atom. The van der Waals surface area contributed by atoms with Crippen molar-refractivity contribution in [1.29, 1.82) is 0 Å². The Hall–Kier alpha value is -2.37. The molecule has 0 aliphatic carbocycles. The van der Waals surface area contributed by atoms with Gasteiger partial charge in [0, 0.05) is 24.2 Å². The Labute approximate surface area is 110 Å². The van der Waals surface area contributed by atoms with Crippen LogP contribution in [-0.4, -0.2) is 30.1 Å². The van der Waals surface area contributed by atoms with Crippen LogP contribution in [0.5, 0.6) is 17.2 Å². The maximum absolute atomic E-state index is 6.02. The average Bonchev–Trinajstić information content (AvgIpc) is 2.78. The molecule has 0 saturated carbocycles. The second-order valence-corrected chi connectivity index (χ2v) is 4.27. The Morgan fingerprint density at radius 3 is 2.74 bits per heavy atom. The number of hydrogen-bond acceptors (Lipinski definition) is 5. The normalized spacial score (nSPS) is 13.4. The summed E-state index contributed by atoms with van der Waals surface area (Å²) in [6, 6.07) is 3.69. The number of nitrogens with two attached hydrogens (primary N) is 1. The third-order valence-electron chi connectivity index (χ3n) is 3.13. The van der Waals surface area contributed by atoms with Crippen LogP contribution in [0.3, 0.4) is 0 Å². The molecule has 19 heavy (non-hydrogen) atoms. The van der Waals surface area contributed by atoms with Crippen LogP contribution in [0.1, 0.15) is 0 Å². The van der Waals surface area contributed by atoms with E-state index in [0.29, 0.717) is 36.3 Å². The van der Waals surface area contributed by atoms with E-state index in [1.54, 1.807) is 25.0 Å². The first-order valence-corrected chi connectivity index (χ1v) is 5.96. The van der Waals surface area contributed by atoms with Crippen LogP contribution in [0.15, 0.2) is 18.3 Å². The summed E-state index contributed by atoms with van der Waals surface area (Å²) < 4.78 is 18.2. The fraction of sp³-hybridized carbons (Fsp3) is 0.308. The average molecular weight is 261 g/mol. The minimum absolute atomic E-state index is 0.520. The number of hydrogen-bond donors (Lipinski definition) is 1. The van der Waals surface area contributed by atoms with Crippen molar-refractivity contribution in [1.82, 2.24) is 9.78 Å². The largest absolute Gasteiger partial charge is 0.497 e. The Bertz CT molecular complexity index is 622. The fourth-order valence-electron chi connectivity index (χ4n) is 2.10. The van der Waals surface area contributed by atoms with E-state index in [2.05, 4.69) is 5.10 Å². The molecule has 6 heteroatoms. The molecule has 0 amide bonds. The lowest BCUT2D eigenvalue weighted by Gasteiger charge is -2.21. The Morgan fingerprint density at radius 2 is 2.05 bits per heavy atom. The van der Waals surface area contributed by atoms with E-state index in [1.807, 2.05) is 12.1 Å². The highest BCUT2D eigenvalue weighted by atomic mass is 16.6.